The van der Waals surface area contributed by atoms with Crippen LogP contribution >= 0.6 is 0 Å². The van der Waals surface area contributed by atoms with Gasteiger partial charge in [0.1, 0.15) is 0 Å². The third kappa shape index (κ3) is 3.77. The van der Waals surface area contributed by atoms with Crippen LogP contribution in [0.5, 0.6) is 0 Å². The quantitative estimate of drug-likeness (QED) is 0.721. The Morgan fingerprint density at radius 2 is 2.27 bits per heavy atom. The molecule has 0 spiro atoms. The lowest BCUT2D eigenvalue weighted by Crippen LogP contribution is -2.39. The highest BCUT2D eigenvalue weighted by molar-refractivity contribution is 5.70. The lowest BCUT2D eigenvalue weighted by Gasteiger charge is -2.30. The maximum atomic E-state index is 11.2. The zero-order valence-corrected chi connectivity index (χ0v) is 8.94. The lowest BCUT2D eigenvalue weighted by molar-refractivity contribution is -0.144. The van der Waals surface area contributed by atoms with Crippen LogP contribution in [0.25, 0.3) is 0 Å². The van der Waals surface area contributed by atoms with Gasteiger partial charge in [-0.1, -0.05) is 0 Å². The Labute approximate surface area is 89.0 Å². The lowest BCUT2D eigenvalue weighted by atomic mass is 9.95. The third-order valence-corrected chi connectivity index (χ3v) is 2.55. The van der Waals surface area contributed by atoms with E-state index >= 15 is 0 Å². The average Bonchev–Trinajstić information content (AvgIpc) is 2.18. The highest BCUT2D eigenvalue weighted by atomic mass is 16.5. The van der Waals surface area contributed by atoms with Crippen molar-refractivity contribution in [3.05, 3.63) is 0 Å². The maximum absolute atomic E-state index is 11.2. The summed E-state index contributed by atoms with van der Waals surface area (Å²) in [6, 6.07) is 0. The molecule has 1 saturated heterocycles. The standard InChI is InChI=1S/C10H17NO4/c1-2-15-9(12)6-8-4-3-5-11(7-8)10(13)14/h8H,2-7H2,1H3,(H,13,14)/t8-/m1/s1. The van der Waals surface area contributed by atoms with Crippen molar-refractivity contribution in [3.63, 3.8) is 0 Å². The van der Waals surface area contributed by atoms with E-state index in [1.807, 2.05) is 0 Å². The minimum Gasteiger partial charge on any atom is -0.466 e. The van der Waals surface area contributed by atoms with Gasteiger partial charge in [0.2, 0.25) is 0 Å². The summed E-state index contributed by atoms with van der Waals surface area (Å²) in [6.45, 7) is 3.18. The molecule has 1 N–H and O–H groups in total. The molecular weight excluding hydrogens is 198 g/mol. The van der Waals surface area contributed by atoms with E-state index in [-0.39, 0.29) is 11.9 Å². The summed E-state index contributed by atoms with van der Waals surface area (Å²) in [5.74, 6) is -0.108. The van der Waals surface area contributed by atoms with E-state index in [1.54, 1.807) is 6.92 Å². The molecule has 86 valence electrons. The van der Waals surface area contributed by atoms with Gasteiger partial charge in [-0.3, -0.25) is 4.79 Å². The van der Waals surface area contributed by atoms with Crippen LogP contribution in [0, 0.1) is 5.92 Å². The molecule has 1 atom stereocenters. The van der Waals surface area contributed by atoms with Gasteiger partial charge in [0, 0.05) is 13.1 Å². The van der Waals surface area contributed by atoms with Gasteiger partial charge < -0.3 is 14.7 Å². The Balaban J connectivity index is 2.36. The molecule has 0 saturated carbocycles. The fourth-order valence-electron chi connectivity index (χ4n) is 1.86. The minimum atomic E-state index is -0.899. The molecule has 1 aliphatic rings. The summed E-state index contributed by atoms with van der Waals surface area (Å²) in [5.41, 5.74) is 0. The number of piperidine rings is 1. The van der Waals surface area contributed by atoms with E-state index in [4.69, 9.17) is 9.84 Å². The molecule has 1 heterocycles. The fourth-order valence-corrected chi connectivity index (χ4v) is 1.86. The fraction of sp³-hybridized carbons (Fsp3) is 0.800. The number of likely N-dealkylation sites (tertiary alicyclic amines) is 1. The van der Waals surface area contributed by atoms with E-state index < -0.39 is 6.09 Å². The Bertz CT molecular complexity index is 242. The molecule has 0 bridgehead atoms. The Morgan fingerprint density at radius 3 is 2.87 bits per heavy atom. The number of hydrogen-bond donors (Lipinski definition) is 1. The number of esters is 1. The highest BCUT2D eigenvalue weighted by Crippen LogP contribution is 2.19. The molecule has 15 heavy (non-hydrogen) atoms. The first-order valence-corrected chi connectivity index (χ1v) is 5.27. The molecular formula is C10H17NO4. The summed E-state index contributed by atoms with van der Waals surface area (Å²) in [6.07, 6.45) is 1.17. The van der Waals surface area contributed by atoms with Crippen molar-refractivity contribution < 1.29 is 19.4 Å². The molecule has 0 unspecified atom stereocenters. The normalized spacial score (nSPS) is 21.1. The minimum absolute atomic E-state index is 0.119. The van der Waals surface area contributed by atoms with Crippen molar-refractivity contribution in [2.24, 2.45) is 5.92 Å². The van der Waals surface area contributed by atoms with Crippen LogP contribution in [-0.4, -0.2) is 41.8 Å². The predicted octanol–water partition coefficient (Wildman–Crippen LogP) is 1.33. The van der Waals surface area contributed by atoms with Crippen LogP contribution in [0.15, 0.2) is 0 Å². The molecule has 1 rings (SSSR count). The first-order chi connectivity index (χ1) is 7.13. The highest BCUT2D eigenvalue weighted by Gasteiger charge is 2.25. The number of carboxylic acid groups (broad SMARTS) is 1. The van der Waals surface area contributed by atoms with Gasteiger partial charge in [-0.2, -0.15) is 0 Å². The van der Waals surface area contributed by atoms with Crippen molar-refractivity contribution in [2.75, 3.05) is 19.7 Å². The van der Waals surface area contributed by atoms with Crippen LogP contribution in [-0.2, 0) is 9.53 Å². The van der Waals surface area contributed by atoms with Gasteiger partial charge in [-0.15, -0.1) is 0 Å². The zero-order valence-electron chi connectivity index (χ0n) is 8.94. The SMILES string of the molecule is CCOC(=O)C[C@H]1CCCN(C(=O)O)C1. The average molecular weight is 215 g/mol. The molecule has 5 heteroatoms. The van der Waals surface area contributed by atoms with E-state index in [1.165, 1.54) is 4.90 Å². The topological polar surface area (TPSA) is 66.8 Å². The molecule has 0 radical (unpaired) electrons. The first kappa shape index (κ1) is 11.8. The van der Waals surface area contributed by atoms with Gasteiger partial charge >= 0.3 is 12.1 Å². The summed E-state index contributed by atoms with van der Waals surface area (Å²) >= 11 is 0. The largest absolute Gasteiger partial charge is 0.466 e. The van der Waals surface area contributed by atoms with Gasteiger partial charge in [0.05, 0.1) is 13.0 Å². The smallest absolute Gasteiger partial charge is 0.407 e. The number of amides is 1. The molecule has 1 amide bonds. The number of carbonyl (C=O) groups is 2. The van der Waals surface area contributed by atoms with Crippen LogP contribution in [0.1, 0.15) is 26.2 Å². The number of rotatable bonds is 3. The van der Waals surface area contributed by atoms with Crippen molar-refractivity contribution in [1.82, 2.24) is 4.90 Å². The van der Waals surface area contributed by atoms with E-state index in [9.17, 15) is 9.59 Å². The monoisotopic (exact) mass is 215 g/mol. The van der Waals surface area contributed by atoms with Crippen LogP contribution in [0.2, 0.25) is 0 Å². The maximum Gasteiger partial charge on any atom is 0.407 e. The van der Waals surface area contributed by atoms with Crippen LogP contribution < -0.4 is 0 Å². The van der Waals surface area contributed by atoms with Crippen molar-refractivity contribution in [1.29, 1.82) is 0 Å². The second-order valence-electron chi connectivity index (χ2n) is 3.75. The molecule has 0 aliphatic carbocycles. The number of ether oxygens (including phenoxy) is 1. The van der Waals surface area contributed by atoms with Crippen LogP contribution in [0.3, 0.4) is 0 Å². The second kappa shape index (κ2) is 5.58. The Hall–Kier alpha value is -1.26. The van der Waals surface area contributed by atoms with Gasteiger partial charge in [-0.05, 0) is 25.7 Å². The second-order valence-corrected chi connectivity index (χ2v) is 3.75. The number of nitrogens with zero attached hydrogens (tertiary/aromatic N) is 1. The van der Waals surface area contributed by atoms with E-state index in [0.717, 1.165) is 12.8 Å². The molecule has 5 nitrogen and oxygen atoms in total. The number of hydrogen-bond acceptors (Lipinski definition) is 3. The van der Waals surface area contributed by atoms with Crippen molar-refractivity contribution >= 4 is 12.1 Å². The van der Waals surface area contributed by atoms with E-state index in [2.05, 4.69) is 0 Å². The molecule has 1 fully saturated rings. The molecule has 0 aromatic rings. The molecule has 0 aromatic heterocycles. The predicted molar refractivity (Wildman–Crippen MR) is 53.6 cm³/mol. The van der Waals surface area contributed by atoms with Gasteiger partial charge in [0.25, 0.3) is 0 Å². The first-order valence-electron chi connectivity index (χ1n) is 5.27. The van der Waals surface area contributed by atoms with Crippen LogP contribution in [0.4, 0.5) is 4.79 Å². The summed E-state index contributed by atoms with van der Waals surface area (Å²) in [5, 5.41) is 8.80. The molecule has 1 aliphatic heterocycles. The van der Waals surface area contributed by atoms with Gasteiger partial charge in [-0.25, -0.2) is 4.79 Å². The molecule has 0 aromatic carbocycles. The van der Waals surface area contributed by atoms with Gasteiger partial charge in [0.15, 0.2) is 0 Å². The third-order valence-electron chi connectivity index (χ3n) is 2.55. The summed E-state index contributed by atoms with van der Waals surface area (Å²) < 4.78 is 4.84. The summed E-state index contributed by atoms with van der Waals surface area (Å²) in [4.78, 5) is 23.3. The van der Waals surface area contributed by atoms with E-state index in [0.29, 0.717) is 26.1 Å². The van der Waals surface area contributed by atoms with Crippen molar-refractivity contribution in [3.8, 4) is 0 Å². The van der Waals surface area contributed by atoms with Crippen molar-refractivity contribution in [2.45, 2.75) is 26.2 Å². The number of carbonyl (C=O) groups excluding carboxylic acids is 1. The zero-order chi connectivity index (χ0) is 11.3. The Kier molecular flexibility index (Phi) is 4.39. The summed E-state index contributed by atoms with van der Waals surface area (Å²) in [7, 11) is 0. The Morgan fingerprint density at radius 1 is 1.53 bits per heavy atom.